The fourth-order valence-corrected chi connectivity index (χ4v) is 3.91. The van der Waals surface area contributed by atoms with Gasteiger partial charge in [-0.1, -0.05) is 36.4 Å². The van der Waals surface area contributed by atoms with E-state index in [4.69, 9.17) is 0 Å². The van der Waals surface area contributed by atoms with Crippen LogP contribution < -0.4 is 15.0 Å². The van der Waals surface area contributed by atoms with Gasteiger partial charge in [-0.3, -0.25) is 4.79 Å². The molecule has 0 saturated carbocycles. The number of carbonyl (C=O) groups excluding carboxylic acids is 1. The van der Waals surface area contributed by atoms with Crippen molar-refractivity contribution in [2.24, 2.45) is 4.99 Å². The van der Waals surface area contributed by atoms with Crippen LogP contribution in [0.2, 0.25) is 0 Å². The molecule has 0 fully saturated rings. The molecule has 0 radical (unpaired) electrons. The van der Waals surface area contributed by atoms with Crippen LogP contribution in [-0.4, -0.2) is 30.3 Å². The van der Waals surface area contributed by atoms with Crippen molar-refractivity contribution in [1.29, 1.82) is 0 Å². The number of alkyl halides is 3. The first-order valence-corrected chi connectivity index (χ1v) is 10.5. The summed E-state index contributed by atoms with van der Waals surface area (Å²) < 4.78 is 42.1. The second-order valence-electron chi connectivity index (χ2n) is 7.38. The van der Waals surface area contributed by atoms with Crippen LogP contribution in [0.1, 0.15) is 24.2 Å². The summed E-state index contributed by atoms with van der Waals surface area (Å²) in [7, 11) is 0. The summed E-state index contributed by atoms with van der Waals surface area (Å²) in [6, 6.07) is 18.3. The summed E-state index contributed by atoms with van der Waals surface area (Å²) in [6.45, 7) is 5.89. The van der Waals surface area contributed by atoms with E-state index < -0.39 is 18.0 Å². The van der Waals surface area contributed by atoms with Crippen LogP contribution in [-0.2, 0) is 0 Å². The summed E-state index contributed by atoms with van der Waals surface area (Å²) in [5.74, 6) is -1.41. The highest BCUT2D eigenvalue weighted by atomic mass is 19.4. The maximum Gasteiger partial charge on any atom is 0.573 e. The molecule has 0 aliphatic rings. The predicted octanol–water partition coefficient (Wildman–Crippen LogP) is 5.81. The molecule has 0 saturated heterocycles. The maximum absolute atomic E-state index is 12.7. The lowest BCUT2D eigenvalue weighted by atomic mass is 10.1. The molecule has 0 spiro atoms. The standard InChI is InChI=1S/C25H22F3N3O2/c1-3-31(4-2)21-13-8-12-18-17-11-7-9-16(15-20(17)30-23(18)21)29-24(32)19-10-5-6-14-22(19)33-25(26,27)28/h5-15,30H,3-4H2,1-2H3. The smallest absolute Gasteiger partial charge is 0.405 e. The fourth-order valence-electron chi connectivity index (χ4n) is 3.91. The van der Waals surface area contributed by atoms with Gasteiger partial charge in [0.1, 0.15) is 5.75 Å². The molecule has 33 heavy (non-hydrogen) atoms. The monoisotopic (exact) mass is 453 g/mol. The molecule has 0 bridgehead atoms. The Kier molecular flexibility index (Phi) is 6.09. The molecule has 3 aromatic carbocycles. The van der Waals surface area contributed by atoms with Crippen molar-refractivity contribution >= 4 is 33.4 Å². The summed E-state index contributed by atoms with van der Waals surface area (Å²) >= 11 is 0. The molecule has 0 unspecified atom stereocenters. The normalized spacial score (nSPS) is 12.3. The van der Waals surface area contributed by atoms with Gasteiger partial charge in [0.05, 0.1) is 22.1 Å². The highest BCUT2D eigenvalue weighted by Crippen LogP contribution is 2.31. The number of hydrogen-bond donors (Lipinski definition) is 1. The molecule has 8 heteroatoms. The number of aromatic amines is 1. The van der Waals surface area contributed by atoms with Gasteiger partial charge in [0.2, 0.25) is 0 Å². The van der Waals surface area contributed by atoms with E-state index in [0.29, 0.717) is 5.36 Å². The van der Waals surface area contributed by atoms with Crippen molar-refractivity contribution in [3.05, 3.63) is 77.7 Å². The van der Waals surface area contributed by atoms with Gasteiger partial charge in [-0.25, -0.2) is 4.99 Å². The van der Waals surface area contributed by atoms with E-state index in [0.717, 1.165) is 46.6 Å². The van der Waals surface area contributed by atoms with E-state index in [1.807, 2.05) is 18.2 Å². The van der Waals surface area contributed by atoms with Crippen LogP contribution in [0.4, 0.5) is 18.9 Å². The molecule has 0 aliphatic carbocycles. The number of nitrogens with zero attached hydrogens (tertiary/aromatic N) is 2. The number of benzene rings is 2. The van der Waals surface area contributed by atoms with Crippen molar-refractivity contribution in [1.82, 2.24) is 4.98 Å². The van der Waals surface area contributed by atoms with Crippen LogP contribution in [0.25, 0.3) is 21.8 Å². The van der Waals surface area contributed by atoms with E-state index in [1.165, 1.54) is 18.2 Å². The SMILES string of the molecule is CCN(CC)c1cccc2c1[nH]c1cc(=NC(=O)c3ccccc3OC(F)(F)F)cccc12. The van der Waals surface area contributed by atoms with Crippen LogP contribution >= 0.6 is 0 Å². The van der Waals surface area contributed by atoms with Gasteiger partial charge < -0.3 is 14.6 Å². The Hall–Kier alpha value is -3.81. The van der Waals surface area contributed by atoms with Gasteiger partial charge in [0, 0.05) is 29.4 Å². The lowest BCUT2D eigenvalue weighted by molar-refractivity contribution is -0.274. The topological polar surface area (TPSA) is 57.7 Å². The zero-order valence-electron chi connectivity index (χ0n) is 18.1. The van der Waals surface area contributed by atoms with Gasteiger partial charge in [-0.2, -0.15) is 0 Å². The highest BCUT2D eigenvalue weighted by molar-refractivity contribution is 6.11. The Morgan fingerprint density at radius 1 is 0.970 bits per heavy atom. The molecule has 5 nitrogen and oxygen atoms in total. The first kappa shape index (κ1) is 22.4. The van der Waals surface area contributed by atoms with Crippen molar-refractivity contribution in [2.45, 2.75) is 20.2 Å². The number of aromatic nitrogens is 1. The molecule has 4 rings (SSSR count). The minimum atomic E-state index is -4.91. The summed E-state index contributed by atoms with van der Waals surface area (Å²) in [6.07, 6.45) is -4.91. The van der Waals surface area contributed by atoms with Gasteiger partial charge in [0.25, 0.3) is 5.91 Å². The van der Waals surface area contributed by atoms with Gasteiger partial charge >= 0.3 is 6.36 Å². The number of nitrogens with one attached hydrogen (secondary N) is 1. The Bertz CT molecular complexity index is 1390. The van der Waals surface area contributed by atoms with E-state index in [1.54, 1.807) is 18.2 Å². The Labute approximate surface area is 188 Å². The Morgan fingerprint density at radius 3 is 2.39 bits per heavy atom. The van der Waals surface area contributed by atoms with Crippen molar-refractivity contribution < 1.29 is 22.7 Å². The number of rotatable bonds is 5. The van der Waals surface area contributed by atoms with Gasteiger partial charge in [0.15, 0.2) is 0 Å². The summed E-state index contributed by atoms with van der Waals surface area (Å²) in [5, 5.41) is 2.30. The first-order valence-electron chi connectivity index (χ1n) is 10.5. The molecule has 1 N–H and O–H groups in total. The second kappa shape index (κ2) is 8.97. The lowest BCUT2D eigenvalue weighted by Crippen LogP contribution is -2.21. The second-order valence-corrected chi connectivity index (χ2v) is 7.38. The van der Waals surface area contributed by atoms with E-state index >= 15 is 0 Å². The predicted molar refractivity (Wildman–Crippen MR) is 122 cm³/mol. The van der Waals surface area contributed by atoms with Crippen LogP contribution in [0.5, 0.6) is 5.75 Å². The zero-order valence-corrected chi connectivity index (χ0v) is 18.1. The summed E-state index contributed by atoms with van der Waals surface area (Å²) in [4.78, 5) is 22.4. The van der Waals surface area contributed by atoms with Crippen molar-refractivity contribution in [2.75, 3.05) is 18.0 Å². The maximum atomic E-state index is 12.7. The number of fused-ring (bicyclic) bond motifs is 3. The average Bonchev–Trinajstić information content (AvgIpc) is 2.99. The van der Waals surface area contributed by atoms with Crippen LogP contribution in [0.15, 0.2) is 71.7 Å². The highest BCUT2D eigenvalue weighted by Gasteiger charge is 2.32. The lowest BCUT2D eigenvalue weighted by Gasteiger charge is -2.21. The third-order valence-electron chi connectivity index (χ3n) is 5.38. The van der Waals surface area contributed by atoms with Crippen LogP contribution in [0.3, 0.4) is 0 Å². The number of amides is 1. The van der Waals surface area contributed by atoms with E-state index in [2.05, 4.69) is 39.5 Å². The van der Waals surface area contributed by atoms with E-state index in [-0.39, 0.29) is 5.56 Å². The quantitative estimate of drug-likeness (QED) is 0.415. The number of carbonyl (C=O) groups is 1. The molecule has 4 aromatic rings. The Balaban J connectivity index is 1.82. The number of hydrogen-bond acceptors (Lipinski definition) is 3. The van der Waals surface area contributed by atoms with Gasteiger partial charge in [-0.05, 0) is 44.2 Å². The van der Waals surface area contributed by atoms with Gasteiger partial charge in [-0.15, -0.1) is 13.2 Å². The fraction of sp³-hybridized carbons (Fsp3) is 0.200. The molecule has 1 amide bonds. The molecular weight excluding hydrogens is 431 g/mol. The zero-order chi connectivity index (χ0) is 23.6. The number of halogens is 3. The van der Waals surface area contributed by atoms with Crippen LogP contribution in [0, 0.1) is 0 Å². The third-order valence-corrected chi connectivity index (χ3v) is 5.38. The first-order chi connectivity index (χ1) is 15.8. The molecule has 0 atom stereocenters. The summed E-state index contributed by atoms with van der Waals surface area (Å²) in [5.41, 5.74) is 2.55. The molecule has 1 heterocycles. The molecule has 170 valence electrons. The van der Waals surface area contributed by atoms with Crippen molar-refractivity contribution in [3.63, 3.8) is 0 Å². The Morgan fingerprint density at radius 2 is 1.67 bits per heavy atom. The molecule has 0 aliphatic heterocycles. The number of H-pyrrole nitrogens is 1. The average molecular weight is 453 g/mol. The minimum Gasteiger partial charge on any atom is -0.405 e. The third kappa shape index (κ3) is 4.69. The number of anilines is 1. The number of para-hydroxylation sites is 2. The largest absolute Gasteiger partial charge is 0.573 e. The minimum absolute atomic E-state index is 0.266. The molecule has 1 aromatic heterocycles. The molecular formula is C25H22F3N3O2. The van der Waals surface area contributed by atoms with Crippen molar-refractivity contribution in [3.8, 4) is 5.75 Å². The number of ether oxygens (including phenoxy) is 1. The van der Waals surface area contributed by atoms with E-state index in [9.17, 15) is 18.0 Å².